The van der Waals surface area contributed by atoms with Crippen LogP contribution in [0.3, 0.4) is 0 Å². The lowest BCUT2D eigenvalue weighted by Crippen LogP contribution is -2.07. The molecule has 19 heavy (non-hydrogen) atoms. The van der Waals surface area contributed by atoms with Gasteiger partial charge in [0.05, 0.1) is 0 Å². The molecule has 5 heteroatoms. The molecule has 1 heterocycles. The topological polar surface area (TPSA) is 22.1 Å². The Balaban J connectivity index is 2.18. The number of nitrogens with zero attached hydrogens (tertiary/aromatic N) is 1. The maximum absolute atomic E-state index is 12.5. The summed E-state index contributed by atoms with van der Waals surface area (Å²) >= 11 is 0. The van der Waals surface area contributed by atoms with E-state index in [1.54, 1.807) is 12.1 Å². The lowest BCUT2D eigenvalue weighted by atomic mass is 10.2. The van der Waals surface area contributed by atoms with Crippen molar-refractivity contribution in [1.82, 2.24) is 4.98 Å². The Labute approximate surface area is 108 Å². The second-order valence-corrected chi connectivity index (χ2v) is 3.97. The quantitative estimate of drug-likeness (QED) is 0.819. The van der Waals surface area contributed by atoms with Gasteiger partial charge in [-0.25, -0.2) is 0 Å². The lowest BCUT2D eigenvalue weighted by Gasteiger charge is -2.09. The number of aromatic nitrogens is 1. The Bertz CT molecular complexity index is 549. The van der Waals surface area contributed by atoms with Gasteiger partial charge in [-0.05, 0) is 30.2 Å². The van der Waals surface area contributed by atoms with Crippen LogP contribution in [0.4, 0.5) is 13.2 Å². The van der Waals surface area contributed by atoms with E-state index < -0.39 is 11.9 Å². The largest absolute Gasteiger partial charge is 0.457 e. The number of ether oxygens (including phenoxy) is 1. The van der Waals surface area contributed by atoms with Crippen LogP contribution in [0.2, 0.25) is 0 Å². The van der Waals surface area contributed by atoms with Gasteiger partial charge in [-0.1, -0.05) is 19.1 Å². The molecular weight excluding hydrogens is 255 g/mol. The van der Waals surface area contributed by atoms with Crippen LogP contribution in [0.15, 0.2) is 42.6 Å². The van der Waals surface area contributed by atoms with Crippen molar-refractivity contribution in [3.63, 3.8) is 0 Å². The molecule has 0 unspecified atom stereocenters. The molecule has 0 atom stereocenters. The summed E-state index contributed by atoms with van der Waals surface area (Å²) in [5, 5.41) is 0. The van der Waals surface area contributed by atoms with E-state index in [1.807, 2.05) is 19.1 Å². The van der Waals surface area contributed by atoms with E-state index in [9.17, 15) is 13.2 Å². The van der Waals surface area contributed by atoms with Crippen LogP contribution in [0.1, 0.15) is 18.2 Å². The van der Waals surface area contributed by atoms with E-state index in [1.165, 1.54) is 6.07 Å². The molecule has 0 saturated carbocycles. The zero-order chi connectivity index (χ0) is 13.9. The van der Waals surface area contributed by atoms with Gasteiger partial charge in [-0.2, -0.15) is 13.2 Å². The third-order valence-electron chi connectivity index (χ3n) is 2.59. The van der Waals surface area contributed by atoms with Crippen molar-refractivity contribution in [2.75, 3.05) is 0 Å². The number of pyridine rings is 1. The van der Waals surface area contributed by atoms with Gasteiger partial charge in [-0.3, -0.25) is 4.98 Å². The molecule has 0 spiro atoms. The second-order valence-electron chi connectivity index (χ2n) is 3.97. The van der Waals surface area contributed by atoms with Crippen molar-refractivity contribution in [2.24, 2.45) is 0 Å². The van der Waals surface area contributed by atoms with Crippen molar-refractivity contribution in [3.8, 4) is 11.5 Å². The van der Waals surface area contributed by atoms with E-state index in [0.717, 1.165) is 24.2 Å². The standard InChI is InChI=1S/C14H12F3NO/c1-2-10-3-5-11(6-4-10)19-12-7-8-18-13(9-12)14(15,16)17/h3-9H,2H2,1H3. The molecule has 0 amide bonds. The highest BCUT2D eigenvalue weighted by atomic mass is 19.4. The minimum Gasteiger partial charge on any atom is -0.457 e. The first-order valence-electron chi connectivity index (χ1n) is 5.79. The molecule has 0 bridgehead atoms. The third-order valence-corrected chi connectivity index (χ3v) is 2.59. The lowest BCUT2D eigenvalue weighted by molar-refractivity contribution is -0.141. The molecule has 1 aromatic heterocycles. The zero-order valence-corrected chi connectivity index (χ0v) is 10.2. The number of hydrogen-bond donors (Lipinski definition) is 0. The molecule has 0 aliphatic carbocycles. The summed E-state index contributed by atoms with van der Waals surface area (Å²) in [6, 6.07) is 9.48. The SMILES string of the molecule is CCc1ccc(Oc2ccnc(C(F)(F)F)c2)cc1. The van der Waals surface area contributed by atoms with Crippen LogP contribution >= 0.6 is 0 Å². The number of rotatable bonds is 3. The maximum Gasteiger partial charge on any atom is 0.433 e. The van der Waals surface area contributed by atoms with Crippen molar-refractivity contribution < 1.29 is 17.9 Å². The van der Waals surface area contributed by atoms with Crippen molar-refractivity contribution in [2.45, 2.75) is 19.5 Å². The number of aryl methyl sites for hydroxylation is 1. The van der Waals surface area contributed by atoms with Crippen LogP contribution in [0.25, 0.3) is 0 Å². The fourth-order valence-corrected chi connectivity index (χ4v) is 1.56. The molecule has 2 aromatic rings. The smallest absolute Gasteiger partial charge is 0.433 e. The predicted molar refractivity (Wildman–Crippen MR) is 65.1 cm³/mol. The van der Waals surface area contributed by atoms with E-state index >= 15 is 0 Å². The van der Waals surface area contributed by atoms with Gasteiger partial charge in [0.1, 0.15) is 17.2 Å². The highest BCUT2D eigenvalue weighted by molar-refractivity contribution is 5.33. The number of alkyl halides is 3. The predicted octanol–water partition coefficient (Wildman–Crippen LogP) is 4.46. The van der Waals surface area contributed by atoms with Gasteiger partial charge in [0, 0.05) is 12.3 Å². The molecular formula is C14H12F3NO. The van der Waals surface area contributed by atoms with Crippen LogP contribution in [0, 0.1) is 0 Å². The first kappa shape index (κ1) is 13.4. The molecule has 0 aliphatic heterocycles. The minimum atomic E-state index is -4.47. The first-order valence-corrected chi connectivity index (χ1v) is 5.79. The molecule has 0 radical (unpaired) electrons. The van der Waals surface area contributed by atoms with Crippen LogP contribution in [-0.2, 0) is 12.6 Å². The van der Waals surface area contributed by atoms with Crippen molar-refractivity contribution >= 4 is 0 Å². The van der Waals surface area contributed by atoms with Crippen LogP contribution in [-0.4, -0.2) is 4.98 Å². The highest BCUT2D eigenvalue weighted by Crippen LogP contribution is 2.31. The Morgan fingerprint density at radius 1 is 1.05 bits per heavy atom. The van der Waals surface area contributed by atoms with Crippen molar-refractivity contribution in [1.29, 1.82) is 0 Å². The molecule has 0 fully saturated rings. The van der Waals surface area contributed by atoms with Gasteiger partial charge < -0.3 is 4.74 Å². The Morgan fingerprint density at radius 2 is 1.74 bits per heavy atom. The average Bonchev–Trinajstić information content (AvgIpc) is 2.39. The van der Waals surface area contributed by atoms with Gasteiger partial charge in [0.2, 0.25) is 0 Å². The number of benzene rings is 1. The Kier molecular flexibility index (Phi) is 3.74. The van der Waals surface area contributed by atoms with Crippen LogP contribution in [0.5, 0.6) is 11.5 Å². The fourth-order valence-electron chi connectivity index (χ4n) is 1.56. The molecule has 2 rings (SSSR count). The van der Waals surface area contributed by atoms with E-state index in [4.69, 9.17) is 4.74 Å². The summed E-state index contributed by atoms with van der Waals surface area (Å²) in [6.07, 6.45) is -2.49. The highest BCUT2D eigenvalue weighted by Gasteiger charge is 2.32. The van der Waals surface area contributed by atoms with E-state index in [0.29, 0.717) is 5.75 Å². The van der Waals surface area contributed by atoms with Gasteiger partial charge in [-0.15, -0.1) is 0 Å². The van der Waals surface area contributed by atoms with Gasteiger partial charge in [0.15, 0.2) is 0 Å². The third kappa shape index (κ3) is 3.47. The van der Waals surface area contributed by atoms with E-state index in [2.05, 4.69) is 4.98 Å². The molecule has 2 nitrogen and oxygen atoms in total. The zero-order valence-electron chi connectivity index (χ0n) is 10.2. The summed E-state index contributed by atoms with van der Waals surface area (Å²) in [7, 11) is 0. The molecule has 100 valence electrons. The summed E-state index contributed by atoms with van der Waals surface area (Å²) < 4.78 is 42.8. The Morgan fingerprint density at radius 3 is 2.32 bits per heavy atom. The summed E-state index contributed by atoms with van der Waals surface area (Å²) in [6.45, 7) is 2.02. The summed E-state index contributed by atoms with van der Waals surface area (Å²) in [4.78, 5) is 3.27. The van der Waals surface area contributed by atoms with Crippen molar-refractivity contribution in [3.05, 3.63) is 53.9 Å². The second kappa shape index (κ2) is 5.30. The molecule has 1 aromatic carbocycles. The van der Waals surface area contributed by atoms with E-state index in [-0.39, 0.29) is 5.75 Å². The number of halogens is 3. The molecule has 0 N–H and O–H groups in total. The molecule has 0 saturated heterocycles. The number of hydrogen-bond acceptors (Lipinski definition) is 2. The first-order chi connectivity index (χ1) is 8.99. The normalized spacial score (nSPS) is 11.4. The fraction of sp³-hybridized carbons (Fsp3) is 0.214. The Hall–Kier alpha value is -2.04. The van der Waals surface area contributed by atoms with Crippen LogP contribution < -0.4 is 4.74 Å². The molecule has 0 aliphatic rings. The average molecular weight is 267 g/mol. The summed E-state index contributed by atoms with van der Waals surface area (Å²) in [5.41, 5.74) is 0.174. The maximum atomic E-state index is 12.5. The minimum absolute atomic E-state index is 0.117. The van der Waals surface area contributed by atoms with Gasteiger partial charge >= 0.3 is 6.18 Å². The van der Waals surface area contributed by atoms with Gasteiger partial charge in [0.25, 0.3) is 0 Å². The summed E-state index contributed by atoms with van der Waals surface area (Å²) in [5.74, 6) is 0.614. The monoisotopic (exact) mass is 267 g/mol.